The number of fused-ring (bicyclic) bond motifs is 1. The quantitative estimate of drug-likeness (QED) is 0.940. The van der Waals surface area contributed by atoms with Crippen LogP contribution >= 0.6 is 0 Å². The van der Waals surface area contributed by atoms with Gasteiger partial charge in [-0.25, -0.2) is 8.78 Å². The van der Waals surface area contributed by atoms with E-state index in [1.165, 1.54) is 35.2 Å². The van der Waals surface area contributed by atoms with Crippen molar-refractivity contribution in [3.05, 3.63) is 65.2 Å². The Hall–Kier alpha value is -2.76. The Morgan fingerprint density at radius 2 is 1.96 bits per heavy atom. The average molecular weight is 330 g/mol. The molecule has 124 valence electrons. The highest BCUT2D eigenvalue weighted by molar-refractivity contribution is 6.01. The van der Waals surface area contributed by atoms with Gasteiger partial charge < -0.3 is 10.2 Å². The van der Waals surface area contributed by atoms with Crippen LogP contribution in [0.4, 0.5) is 14.5 Å². The molecular weight excluding hydrogens is 314 g/mol. The minimum absolute atomic E-state index is 0.00492. The molecule has 6 heteroatoms. The second kappa shape index (κ2) is 6.39. The fraction of sp³-hybridized carbons (Fsp3) is 0.222. The highest BCUT2D eigenvalue weighted by Crippen LogP contribution is 2.34. The van der Waals surface area contributed by atoms with Gasteiger partial charge in [0.05, 0.1) is 5.92 Å². The van der Waals surface area contributed by atoms with Crippen LogP contribution in [0.5, 0.6) is 0 Å². The van der Waals surface area contributed by atoms with Crippen LogP contribution in [0.3, 0.4) is 0 Å². The van der Waals surface area contributed by atoms with E-state index in [1.54, 1.807) is 19.2 Å². The lowest BCUT2D eigenvalue weighted by atomic mass is 9.89. The van der Waals surface area contributed by atoms with Gasteiger partial charge in [-0.05, 0) is 35.4 Å². The first-order chi connectivity index (χ1) is 11.4. The molecule has 3 rings (SSSR count). The molecule has 0 saturated carbocycles. The van der Waals surface area contributed by atoms with Crippen LogP contribution in [0, 0.1) is 11.6 Å². The van der Waals surface area contributed by atoms with Gasteiger partial charge in [-0.2, -0.15) is 0 Å². The molecule has 0 radical (unpaired) electrons. The van der Waals surface area contributed by atoms with Gasteiger partial charge in [0.25, 0.3) is 0 Å². The number of carbonyl (C=O) groups excluding carboxylic acids is 2. The maximum absolute atomic E-state index is 13.4. The summed E-state index contributed by atoms with van der Waals surface area (Å²) in [6.45, 7) is 0.227. The van der Waals surface area contributed by atoms with Crippen LogP contribution in [0.1, 0.15) is 23.5 Å². The predicted molar refractivity (Wildman–Crippen MR) is 85.3 cm³/mol. The van der Waals surface area contributed by atoms with Gasteiger partial charge in [0, 0.05) is 25.7 Å². The molecule has 0 fully saturated rings. The summed E-state index contributed by atoms with van der Waals surface area (Å²) in [5.41, 5.74) is 1.57. The molecule has 0 aromatic heterocycles. The summed E-state index contributed by atoms with van der Waals surface area (Å²) >= 11 is 0. The fourth-order valence-electron chi connectivity index (χ4n) is 2.91. The van der Waals surface area contributed by atoms with E-state index in [1.807, 2.05) is 0 Å². The third kappa shape index (κ3) is 3.27. The Bertz CT molecular complexity index is 807. The van der Waals surface area contributed by atoms with Gasteiger partial charge in [0.2, 0.25) is 11.8 Å². The number of nitrogens with one attached hydrogen (secondary N) is 1. The maximum atomic E-state index is 13.4. The topological polar surface area (TPSA) is 49.4 Å². The molecule has 1 heterocycles. The van der Waals surface area contributed by atoms with Gasteiger partial charge in [0.15, 0.2) is 0 Å². The lowest BCUT2D eigenvalue weighted by molar-refractivity contribution is -0.134. The van der Waals surface area contributed by atoms with E-state index in [9.17, 15) is 18.4 Å². The first-order valence-corrected chi connectivity index (χ1v) is 7.53. The smallest absolute Gasteiger partial charge is 0.230 e. The van der Waals surface area contributed by atoms with Crippen molar-refractivity contribution in [3.8, 4) is 0 Å². The van der Waals surface area contributed by atoms with Crippen molar-refractivity contribution in [1.29, 1.82) is 0 Å². The van der Waals surface area contributed by atoms with Crippen LogP contribution in [0.15, 0.2) is 42.5 Å². The van der Waals surface area contributed by atoms with Crippen LogP contribution in [-0.4, -0.2) is 23.8 Å². The van der Waals surface area contributed by atoms with Crippen molar-refractivity contribution in [3.63, 3.8) is 0 Å². The van der Waals surface area contributed by atoms with Crippen molar-refractivity contribution in [2.24, 2.45) is 0 Å². The molecule has 1 N–H and O–H groups in total. The molecule has 0 bridgehead atoms. The standard InChI is InChI=1S/C18H16F2N2O2/c1-22(10-11-3-2-4-12(19)7-11)18(24)15-9-17(23)21-16-8-13(20)5-6-14(15)16/h2-8,15H,9-10H2,1H3,(H,21,23). The summed E-state index contributed by atoms with van der Waals surface area (Å²) < 4.78 is 26.6. The van der Waals surface area contributed by atoms with E-state index >= 15 is 0 Å². The van der Waals surface area contributed by atoms with Crippen molar-refractivity contribution in [2.75, 3.05) is 12.4 Å². The Balaban J connectivity index is 1.83. The number of likely N-dealkylation sites (N-methyl/N-ethyl adjacent to an activating group) is 1. The third-order valence-electron chi connectivity index (χ3n) is 4.04. The molecule has 0 aliphatic carbocycles. The number of rotatable bonds is 3. The van der Waals surface area contributed by atoms with Crippen LogP contribution in [0.2, 0.25) is 0 Å². The maximum Gasteiger partial charge on any atom is 0.230 e. The molecule has 24 heavy (non-hydrogen) atoms. The zero-order valence-corrected chi connectivity index (χ0v) is 13.1. The lowest BCUT2D eigenvalue weighted by Crippen LogP contribution is -2.36. The molecule has 4 nitrogen and oxygen atoms in total. The van der Waals surface area contributed by atoms with Crippen molar-refractivity contribution < 1.29 is 18.4 Å². The lowest BCUT2D eigenvalue weighted by Gasteiger charge is -2.28. The number of nitrogens with zero attached hydrogens (tertiary/aromatic N) is 1. The minimum Gasteiger partial charge on any atom is -0.341 e. The zero-order valence-electron chi connectivity index (χ0n) is 13.1. The average Bonchev–Trinajstić information content (AvgIpc) is 2.52. The SMILES string of the molecule is CN(Cc1cccc(F)c1)C(=O)C1CC(=O)Nc2cc(F)ccc21. The molecule has 2 aromatic carbocycles. The Kier molecular flexibility index (Phi) is 4.29. The van der Waals surface area contributed by atoms with E-state index in [0.29, 0.717) is 16.8 Å². The highest BCUT2D eigenvalue weighted by atomic mass is 19.1. The Morgan fingerprint density at radius 1 is 1.21 bits per heavy atom. The molecule has 1 aliphatic heterocycles. The third-order valence-corrected chi connectivity index (χ3v) is 4.04. The number of benzene rings is 2. The van der Waals surface area contributed by atoms with Gasteiger partial charge in [-0.15, -0.1) is 0 Å². The summed E-state index contributed by atoms with van der Waals surface area (Å²) in [5.74, 6) is -2.11. The van der Waals surface area contributed by atoms with Crippen molar-refractivity contribution in [1.82, 2.24) is 4.90 Å². The van der Waals surface area contributed by atoms with Crippen molar-refractivity contribution in [2.45, 2.75) is 18.9 Å². The second-order valence-electron chi connectivity index (χ2n) is 5.86. The van der Waals surface area contributed by atoms with E-state index in [2.05, 4.69) is 5.32 Å². The molecule has 1 aliphatic rings. The van der Waals surface area contributed by atoms with E-state index in [-0.39, 0.29) is 30.6 Å². The number of hydrogen-bond acceptors (Lipinski definition) is 2. The molecule has 1 atom stereocenters. The summed E-state index contributed by atoms with van der Waals surface area (Å²) in [6, 6.07) is 9.99. The minimum atomic E-state index is -0.673. The molecular formula is C18H16F2N2O2. The molecule has 2 amide bonds. The van der Waals surface area contributed by atoms with E-state index in [4.69, 9.17) is 0 Å². The first kappa shape index (κ1) is 16.1. The van der Waals surface area contributed by atoms with E-state index < -0.39 is 11.7 Å². The number of hydrogen-bond donors (Lipinski definition) is 1. The first-order valence-electron chi connectivity index (χ1n) is 7.53. The Labute approximate surface area is 138 Å². The zero-order chi connectivity index (χ0) is 17.3. The van der Waals surface area contributed by atoms with Crippen LogP contribution < -0.4 is 5.32 Å². The molecule has 1 unspecified atom stereocenters. The summed E-state index contributed by atoms with van der Waals surface area (Å²) in [7, 11) is 1.60. The van der Waals surface area contributed by atoms with Gasteiger partial charge in [-0.1, -0.05) is 18.2 Å². The molecule has 2 aromatic rings. The fourth-order valence-corrected chi connectivity index (χ4v) is 2.91. The number of amides is 2. The van der Waals surface area contributed by atoms with Gasteiger partial charge in [-0.3, -0.25) is 9.59 Å². The number of carbonyl (C=O) groups is 2. The number of anilines is 1. The summed E-state index contributed by atoms with van der Waals surface area (Å²) in [4.78, 5) is 26.0. The van der Waals surface area contributed by atoms with Crippen LogP contribution in [-0.2, 0) is 16.1 Å². The largest absolute Gasteiger partial charge is 0.341 e. The summed E-state index contributed by atoms with van der Waals surface area (Å²) in [5, 5.41) is 2.58. The summed E-state index contributed by atoms with van der Waals surface area (Å²) in [6.07, 6.45) is 0.00492. The molecule has 0 spiro atoms. The second-order valence-corrected chi connectivity index (χ2v) is 5.86. The predicted octanol–water partition coefficient (Wildman–Crippen LogP) is 3.05. The van der Waals surface area contributed by atoms with Crippen molar-refractivity contribution >= 4 is 17.5 Å². The van der Waals surface area contributed by atoms with E-state index in [0.717, 1.165) is 0 Å². The Morgan fingerprint density at radius 3 is 2.71 bits per heavy atom. The van der Waals surface area contributed by atoms with Crippen LogP contribution in [0.25, 0.3) is 0 Å². The monoisotopic (exact) mass is 330 g/mol. The van der Waals surface area contributed by atoms with Gasteiger partial charge in [0.1, 0.15) is 11.6 Å². The number of halogens is 2. The van der Waals surface area contributed by atoms with Gasteiger partial charge >= 0.3 is 0 Å². The molecule has 0 saturated heterocycles. The highest BCUT2D eigenvalue weighted by Gasteiger charge is 2.32. The normalized spacial score (nSPS) is 16.3.